The summed E-state index contributed by atoms with van der Waals surface area (Å²) in [5.74, 6) is -0.950. The van der Waals surface area contributed by atoms with Gasteiger partial charge >= 0.3 is 5.97 Å². The van der Waals surface area contributed by atoms with Crippen LogP contribution < -0.4 is 5.73 Å². The molecule has 8 nitrogen and oxygen atoms in total. The van der Waals surface area contributed by atoms with E-state index in [4.69, 9.17) is 10.8 Å². The van der Waals surface area contributed by atoms with Crippen LogP contribution >= 0.6 is 31.9 Å². The normalized spacial score (nSPS) is 9.69. The number of hydrogen-bond donors (Lipinski definition) is 2. The van der Waals surface area contributed by atoms with E-state index >= 15 is 0 Å². The molecule has 4 aromatic rings. The van der Waals surface area contributed by atoms with Gasteiger partial charge in [0.2, 0.25) is 0 Å². The van der Waals surface area contributed by atoms with Gasteiger partial charge in [-0.05, 0) is 85.8 Å². The number of aromatic carboxylic acids is 1. The Kier molecular flexibility index (Phi) is 12.4. The van der Waals surface area contributed by atoms with Crippen molar-refractivity contribution in [1.29, 1.82) is 0 Å². The summed E-state index contributed by atoms with van der Waals surface area (Å²) in [6, 6.07) is 14.3. The smallest absolute Gasteiger partial charge is 0.354 e. The molecule has 0 amide bonds. The first-order valence-corrected chi connectivity index (χ1v) is 11.9. The van der Waals surface area contributed by atoms with Crippen molar-refractivity contribution in [1.82, 2.24) is 19.9 Å². The van der Waals surface area contributed by atoms with Gasteiger partial charge in [0.1, 0.15) is 11.4 Å². The lowest BCUT2D eigenvalue weighted by Crippen LogP contribution is -2.03. The monoisotopic (exact) mass is 599 g/mol. The molecule has 0 unspecified atom stereocenters. The van der Waals surface area contributed by atoms with Crippen LogP contribution in [0.15, 0.2) is 94.7 Å². The molecule has 4 aromatic heterocycles. The molecule has 0 aliphatic rings. The largest absolute Gasteiger partial charge is 0.477 e. The molecule has 180 valence electrons. The molecule has 0 atom stereocenters. The minimum atomic E-state index is -1.01. The van der Waals surface area contributed by atoms with E-state index in [-0.39, 0.29) is 11.5 Å². The molecule has 0 spiro atoms. The molecule has 0 bridgehead atoms. The molecule has 0 aliphatic carbocycles. The molecular formula is C25H23Br2N5O3. The standard InChI is InChI=1S/C13H11BrN2O.C6H4BrNO2.C6H8N2/c14-11-4-5-12(16-9-11)13(17)6-3-10-2-1-7-15-8-10;7-4-1-2-5(6(9)10)8-3-4;7-4-6-2-1-3-8-5-6/h1-2,4-5,7-9H,3,6H2;1-3H,(H,9,10);1-3,5H,4,7H2. The highest BCUT2D eigenvalue weighted by molar-refractivity contribution is 9.10. The summed E-state index contributed by atoms with van der Waals surface area (Å²) in [4.78, 5) is 37.7. The Bertz CT molecular complexity index is 1180. The summed E-state index contributed by atoms with van der Waals surface area (Å²) in [7, 11) is 0. The van der Waals surface area contributed by atoms with Gasteiger partial charge in [0.25, 0.3) is 0 Å². The topological polar surface area (TPSA) is 132 Å². The van der Waals surface area contributed by atoms with Gasteiger partial charge in [-0.3, -0.25) is 19.7 Å². The number of halogens is 2. The zero-order chi connectivity index (χ0) is 25.5. The molecule has 0 aromatic carbocycles. The van der Waals surface area contributed by atoms with E-state index in [1.54, 1.807) is 43.1 Å². The summed E-state index contributed by atoms with van der Waals surface area (Å²) in [5.41, 5.74) is 8.02. The fourth-order valence-corrected chi connectivity index (χ4v) is 2.96. The summed E-state index contributed by atoms with van der Waals surface area (Å²) >= 11 is 6.43. The van der Waals surface area contributed by atoms with Crippen molar-refractivity contribution in [2.24, 2.45) is 5.73 Å². The zero-order valence-corrected chi connectivity index (χ0v) is 21.8. The fourth-order valence-electron chi connectivity index (χ4n) is 2.49. The van der Waals surface area contributed by atoms with Crippen LogP contribution in [0, 0.1) is 0 Å². The number of pyridine rings is 4. The van der Waals surface area contributed by atoms with Crippen molar-refractivity contribution in [3.05, 3.63) is 117 Å². The van der Waals surface area contributed by atoms with Gasteiger partial charge in [-0.2, -0.15) is 0 Å². The van der Waals surface area contributed by atoms with Gasteiger partial charge in [-0.25, -0.2) is 9.78 Å². The third-order valence-electron chi connectivity index (χ3n) is 4.28. The number of nitrogens with two attached hydrogens (primary N) is 1. The van der Waals surface area contributed by atoms with Crippen molar-refractivity contribution in [3.8, 4) is 0 Å². The average molecular weight is 601 g/mol. The summed E-state index contributed by atoms with van der Waals surface area (Å²) < 4.78 is 1.65. The van der Waals surface area contributed by atoms with Crippen molar-refractivity contribution in [2.45, 2.75) is 19.4 Å². The van der Waals surface area contributed by atoms with Crippen molar-refractivity contribution in [2.75, 3.05) is 0 Å². The maximum atomic E-state index is 11.8. The van der Waals surface area contributed by atoms with E-state index in [9.17, 15) is 9.59 Å². The van der Waals surface area contributed by atoms with Crippen molar-refractivity contribution in [3.63, 3.8) is 0 Å². The molecule has 4 heterocycles. The first kappa shape index (κ1) is 27.9. The van der Waals surface area contributed by atoms with Gasteiger partial charge in [0.05, 0.1) is 0 Å². The quantitative estimate of drug-likeness (QED) is 0.291. The Morgan fingerprint density at radius 1 is 0.771 bits per heavy atom. The van der Waals surface area contributed by atoms with Crippen LogP contribution in [-0.2, 0) is 13.0 Å². The number of hydrogen-bond acceptors (Lipinski definition) is 7. The van der Waals surface area contributed by atoms with Crippen LogP contribution in [0.25, 0.3) is 0 Å². The second-order valence-electron chi connectivity index (χ2n) is 6.88. The molecule has 10 heteroatoms. The Morgan fingerprint density at radius 2 is 1.31 bits per heavy atom. The number of nitrogens with zero attached hydrogens (tertiary/aromatic N) is 4. The number of aromatic nitrogens is 4. The SMILES string of the molecule is NCc1cccnc1.O=C(CCc1cccnc1)c1ccc(Br)cn1.O=C(O)c1ccc(Br)cn1. The van der Waals surface area contributed by atoms with Crippen LogP contribution in [-0.4, -0.2) is 36.8 Å². The van der Waals surface area contributed by atoms with E-state index in [1.807, 2.05) is 30.3 Å². The van der Waals surface area contributed by atoms with Gasteiger partial charge in [-0.1, -0.05) is 12.1 Å². The summed E-state index contributed by atoms with van der Waals surface area (Å²) in [6.07, 6.45) is 11.2. The number of ketones is 1. The third kappa shape index (κ3) is 11.1. The highest BCUT2D eigenvalue weighted by Crippen LogP contribution is 2.10. The Hall–Kier alpha value is -3.34. The number of Topliss-reactive ketones (excluding diaryl/α,β-unsaturated/α-hetero) is 1. The van der Waals surface area contributed by atoms with Gasteiger partial charge in [0, 0.05) is 59.1 Å². The average Bonchev–Trinajstić information content (AvgIpc) is 2.90. The fraction of sp³-hybridized carbons (Fsp3) is 0.120. The Labute approximate surface area is 220 Å². The van der Waals surface area contributed by atoms with Crippen molar-refractivity contribution < 1.29 is 14.7 Å². The highest BCUT2D eigenvalue weighted by Gasteiger charge is 2.07. The van der Waals surface area contributed by atoms with Crippen LogP contribution in [0.4, 0.5) is 0 Å². The Balaban J connectivity index is 0.000000204. The predicted octanol–water partition coefficient (Wildman–Crippen LogP) is 5.14. The lowest BCUT2D eigenvalue weighted by Gasteiger charge is -2.00. The maximum absolute atomic E-state index is 11.8. The molecule has 0 fully saturated rings. The lowest BCUT2D eigenvalue weighted by atomic mass is 10.1. The van der Waals surface area contributed by atoms with Gasteiger partial charge in [0.15, 0.2) is 5.78 Å². The predicted molar refractivity (Wildman–Crippen MR) is 140 cm³/mol. The number of carbonyl (C=O) groups excluding carboxylic acids is 1. The number of carboxylic acids is 1. The van der Waals surface area contributed by atoms with Gasteiger partial charge < -0.3 is 10.8 Å². The Morgan fingerprint density at radius 3 is 1.71 bits per heavy atom. The summed E-state index contributed by atoms with van der Waals surface area (Å²) in [5, 5.41) is 8.40. The first-order chi connectivity index (χ1) is 16.9. The second-order valence-corrected chi connectivity index (χ2v) is 8.71. The number of rotatable bonds is 6. The molecule has 4 rings (SSSR count). The van der Waals surface area contributed by atoms with Crippen LogP contribution in [0.5, 0.6) is 0 Å². The number of aryl methyl sites for hydroxylation is 1. The van der Waals surface area contributed by atoms with Gasteiger partial charge in [-0.15, -0.1) is 0 Å². The molecule has 0 saturated carbocycles. The summed E-state index contributed by atoms with van der Waals surface area (Å²) in [6.45, 7) is 0.577. The lowest BCUT2D eigenvalue weighted by molar-refractivity contribution is 0.0690. The van der Waals surface area contributed by atoms with E-state index < -0.39 is 5.97 Å². The maximum Gasteiger partial charge on any atom is 0.354 e. The molecular weight excluding hydrogens is 578 g/mol. The number of carbonyl (C=O) groups is 2. The molecule has 3 N–H and O–H groups in total. The molecule has 0 radical (unpaired) electrons. The van der Waals surface area contributed by atoms with Crippen LogP contribution in [0.2, 0.25) is 0 Å². The van der Waals surface area contributed by atoms with Crippen LogP contribution in [0.3, 0.4) is 0 Å². The van der Waals surface area contributed by atoms with E-state index in [1.165, 1.54) is 12.3 Å². The number of carboxylic acid groups (broad SMARTS) is 1. The molecule has 35 heavy (non-hydrogen) atoms. The minimum absolute atomic E-state index is 0.0568. The third-order valence-corrected chi connectivity index (χ3v) is 5.22. The zero-order valence-electron chi connectivity index (χ0n) is 18.6. The second kappa shape index (κ2) is 15.5. The molecule has 0 aliphatic heterocycles. The highest BCUT2D eigenvalue weighted by atomic mass is 79.9. The van der Waals surface area contributed by atoms with E-state index in [2.05, 4.69) is 51.8 Å². The molecule has 0 saturated heterocycles. The van der Waals surface area contributed by atoms with E-state index in [0.29, 0.717) is 25.1 Å². The van der Waals surface area contributed by atoms with Crippen LogP contribution in [0.1, 0.15) is 38.5 Å². The van der Waals surface area contributed by atoms with E-state index in [0.717, 1.165) is 20.1 Å². The first-order valence-electron chi connectivity index (χ1n) is 10.4. The minimum Gasteiger partial charge on any atom is -0.477 e. The van der Waals surface area contributed by atoms with Crippen molar-refractivity contribution >= 4 is 43.6 Å².